The van der Waals surface area contributed by atoms with Gasteiger partial charge >= 0.3 is 5.97 Å². The number of rotatable bonds is 9. The maximum absolute atomic E-state index is 13.0. The lowest BCUT2D eigenvalue weighted by Crippen LogP contribution is -2.40. The molecule has 0 amide bonds. The summed E-state index contributed by atoms with van der Waals surface area (Å²) in [5, 5.41) is 3.23. The molecule has 1 aromatic carbocycles. The molecule has 0 spiro atoms. The quantitative estimate of drug-likeness (QED) is 0.430. The van der Waals surface area contributed by atoms with Gasteiger partial charge in [0.2, 0.25) is 0 Å². The van der Waals surface area contributed by atoms with Crippen LogP contribution in [0.1, 0.15) is 60.2 Å². The molecule has 4 nitrogen and oxygen atoms in total. The van der Waals surface area contributed by atoms with Crippen LogP contribution in [0.5, 0.6) is 0 Å². The van der Waals surface area contributed by atoms with Crippen molar-refractivity contribution in [3.05, 3.63) is 34.4 Å². The molecule has 0 heterocycles. The second-order valence-corrected chi connectivity index (χ2v) is 6.01. The fraction of sp³-hybridized carbons (Fsp3) is 0.579. The second-order valence-electron chi connectivity index (χ2n) is 6.01. The molecule has 0 aliphatic rings. The Morgan fingerprint density at radius 1 is 1.13 bits per heavy atom. The molecular formula is C19H29NO3. The van der Waals surface area contributed by atoms with Crippen molar-refractivity contribution < 1.29 is 14.3 Å². The van der Waals surface area contributed by atoms with Gasteiger partial charge in [-0.2, -0.15) is 0 Å². The van der Waals surface area contributed by atoms with Gasteiger partial charge in [0, 0.05) is 5.56 Å². The lowest BCUT2D eigenvalue weighted by molar-refractivity contribution is -0.143. The number of hydrogen-bond acceptors (Lipinski definition) is 4. The second kappa shape index (κ2) is 9.46. The van der Waals surface area contributed by atoms with Crippen LogP contribution in [-0.2, 0) is 9.53 Å². The highest BCUT2D eigenvalue weighted by Crippen LogP contribution is 2.19. The number of unbranched alkanes of at least 4 members (excludes halogenated alkanes) is 1. The van der Waals surface area contributed by atoms with E-state index in [2.05, 4.69) is 12.2 Å². The fourth-order valence-corrected chi connectivity index (χ4v) is 2.84. The van der Waals surface area contributed by atoms with Gasteiger partial charge in [-0.1, -0.05) is 31.0 Å². The molecule has 0 saturated heterocycles. The number of ether oxygens (including phenoxy) is 1. The van der Waals surface area contributed by atoms with E-state index in [0.29, 0.717) is 12.2 Å². The summed E-state index contributed by atoms with van der Waals surface area (Å²) in [6, 6.07) is 3.49. The van der Waals surface area contributed by atoms with E-state index in [-0.39, 0.29) is 18.2 Å². The minimum atomic E-state index is -0.527. The summed E-state index contributed by atoms with van der Waals surface area (Å²) in [6.07, 6.45) is 2.08. The zero-order valence-corrected chi connectivity index (χ0v) is 15.0. The summed E-state index contributed by atoms with van der Waals surface area (Å²) in [6.45, 7) is 10.8. The Kier molecular flexibility index (Phi) is 7.96. The van der Waals surface area contributed by atoms with Gasteiger partial charge in [0.15, 0.2) is 5.78 Å². The van der Waals surface area contributed by atoms with Crippen LogP contribution in [0.25, 0.3) is 0 Å². The first-order chi connectivity index (χ1) is 10.9. The first kappa shape index (κ1) is 19.4. The minimum absolute atomic E-state index is 0.0239. The first-order valence-corrected chi connectivity index (χ1v) is 8.41. The topological polar surface area (TPSA) is 55.4 Å². The normalized spacial score (nSPS) is 12.0. The zero-order chi connectivity index (χ0) is 17.4. The van der Waals surface area contributed by atoms with Crippen LogP contribution in [0.3, 0.4) is 0 Å². The summed E-state index contributed by atoms with van der Waals surface area (Å²) in [5.41, 5.74) is 3.77. The van der Waals surface area contributed by atoms with Crippen LogP contribution in [0.15, 0.2) is 12.1 Å². The number of aryl methyl sites for hydroxylation is 3. The van der Waals surface area contributed by atoms with Gasteiger partial charge < -0.3 is 10.1 Å². The van der Waals surface area contributed by atoms with Crippen molar-refractivity contribution >= 4 is 11.8 Å². The van der Waals surface area contributed by atoms with Gasteiger partial charge in [0.25, 0.3) is 0 Å². The van der Waals surface area contributed by atoms with E-state index >= 15 is 0 Å². The number of hydrogen-bond donors (Lipinski definition) is 1. The molecule has 1 aromatic rings. The number of carbonyl (C=O) groups is 2. The maximum atomic E-state index is 13.0. The number of carbonyl (C=O) groups excluding carboxylic acids is 2. The Morgan fingerprint density at radius 3 is 2.26 bits per heavy atom. The van der Waals surface area contributed by atoms with E-state index in [0.717, 1.165) is 36.1 Å². The molecule has 23 heavy (non-hydrogen) atoms. The summed E-state index contributed by atoms with van der Waals surface area (Å²) in [5.74, 6) is -0.360. The molecule has 0 fully saturated rings. The van der Waals surface area contributed by atoms with Crippen LogP contribution in [0, 0.1) is 20.8 Å². The minimum Gasteiger partial charge on any atom is -0.466 e. The van der Waals surface area contributed by atoms with Crippen molar-refractivity contribution in [2.24, 2.45) is 0 Å². The van der Waals surface area contributed by atoms with Gasteiger partial charge in [-0.3, -0.25) is 9.59 Å². The summed E-state index contributed by atoms with van der Waals surface area (Å²) in [4.78, 5) is 24.8. The lowest BCUT2D eigenvalue weighted by atomic mass is 9.92. The third kappa shape index (κ3) is 5.79. The SMILES string of the molecule is CCCCNC(CC(=O)OCC)C(=O)c1c(C)cc(C)cc1C. The van der Waals surface area contributed by atoms with E-state index in [1.165, 1.54) is 0 Å². The van der Waals surface area contributed by atoms with Crippen molar-refractivity contribution in [2.75, 3.05) is 13.2 Å². The zero-order valence-electron chi connectivity index (χ0n) is 15.0. The van der Waals surface area contributed by atoms with Crippen molar-refractivity contribution in [2.45, 2.75) is 59.9 Å². The highest BCUT2D eigenvalue weighted by atomic mass is 16.5. The standard InChI is InChI=1S/C19H29NO3/c1-6-8-9-20-16(12-17(21)23-7-2)19(22)18-14(4)10-13(3)11-15(18)5/h10-11,16,20H,6-9,12H2,1-5H3. The van der Waals surface area contributed by atoms with Gasteiger partial charge in [0.1, 0.15) is 0 Å². The van der Waals surface area contributed by atoms with Gasteiger partial charge in [-0.05, 0) is 51.8 Å². The van der Waals surface area contributed by atoms with E-state index < -0.39 is 6.04 Å². The van der Waals surface area contributed by atoms with E-state index in [1.807, 2.05) is 32.9 Å². The van der Waals surface area contributed by atoms with Crippen molar-refractivity contribution in [1.82, 2.24) is 5.32 Å². The number of esters is 1. The third-order valence-electron chi connectivity index (χ3n) is 3.84. The molecule has 0 aliphatic heterocycles. The highest BCUT2D eigenvalue weighted by molar-refractivity contribution is 6.04. The van der Waals surface area contributed by atoms with Crippen LogP contribution in [-0.4, -0.2) is 30.9 Å². The van der Waals surface area contributed by atoms with Gasteiger partial charge in [-0.25, -0.2) is 0 Å². The van der Waals surface area contributed by atoms with Gasteiger partial charge in [-0.15, -0.1) is 0 Å². The Hall–Kier alpha value is -1.68. The van der Waals surface area contributed by atoms with Crippen LogP contribution < -0.4 is 5.32 Å². The van der Waals surface area contributed by atoms with Gasteiger partial charge in [0.05, 0.1) is 19.1 Å². The van der Waals surface area contributed by atoms with Crippen molar-refractivity contribution in [1.29, 1.82) is 0 Å². The van der Waals surface area contributed by atoms with E-state index in [9.17, 15) is 9.59 Å². The molecule has 0 aromatic heterocycles. The predicted molar refractivity (Wildman–Crippen MR) is 92.9 cm³/mol. The van der Waals surface area contributed by atoms with Crippen molar-refractivity contribution in [3.8, 4) is 0 Å². The molecule has 1 N–H and O–H groups in total. The largest absolute Gasteiger partial charge is 0.466 e. The Balaban J connectivity index is 3.00. The molecule has 0 radical (unpaired) electrons. The summed E-state index contributed by atoms with van der Waals surface area (Å²) >= 11 is 0. The molecule has 0 bridgehead atoms. The van der Waals surface area contributed by atoms with Crippen LogP contribution in [0.2, 0.25) is 0 Å². The monoisotopic (exact) mass is 319 g/mol. The molecule has 1 unspecified atom stereocenters. The van der Waals surface area contributed by atoms with E-state index in [4.69, 9.17) is 4.74 Å². The fourth-order valence-electron chi connectivity index (χ4n) is 2.84. The molecule has 128 valence electrons. The molecule has 4 heteroatoms. The molecule has 1 rings (SSSR count). The maximum Gasteiger partial charge on any atom is 0.307 e. The highest BCUT2D eigenvalue weighted by Gasteiger charge is 2.25. The average Bonchev–Trinajstić information content (AvgIpc) is 2.45. The molecule has 0 saturated carbocycles. The van der Waals surface area contributed by atoms with Crippen LogP contribution >= 0.6 is 0 Å². The Labute approximate surface area is 139 Å². The summed E-state index contributed by atoms with van der Waals surface area (Å²) in [7, 11) is 0. The third-order valence-corrected chi connectivity index (χ3v) is 3.84. The Bertz CT molecular complexity index is 529. The number of Topliss-reactive ketones (excluding diaryl/α,β-unsaturated/α-hetero) is 1. The van der Waals surface area contributed by atoms with Crippen LogP contribution in [0.4, 0.5) is 0 Å². The number of benzene rings is 1. The smallest absolute Gasteiger partial charge is 0.307 e. The predicted octanol–water partition coefficient (Wildman–Crippen LogP) is 3.51. The Morgan fingerprint density at radius 2 is 1.74 bits per heavy atom. The van der Waals surface area contributed by atoms with Crippen molar-refractivity contribution in [3.63, 3.8) is 0 Å². The number of nitrogens with one attached hydrogen (secondary N) is 1. The first-order valence-electron chi connectivity index (χ1n) is 8.41. The van der Waals surface area contributed by atoms with E-state index in [1.54, 1.807) is 6.92 Å². The average molecular weight is 319 g/mol. The number of ketones is 1. The molecular weight excluding hydrogens is 290 g/mol. The lowest BCUT2D eigenvalue weighted by Gasteiger charge is -2.19. The molecule has 1 atom stereocenters. The molecule has 0 aliphatic carbocycles. The summed E-state index contributed by atoms with van der Waals surface area (Å²) < 4.78 is 5.01.